The molecule has 0 saturated heterocycles. The molecule has 1 aromatic rings. The van der Waals surface area contributed by atoms with E-state index in [2.05, 4.69) is 45.1 Å². The van der Waals surface area contributed by atoms with Gasteiger partial charge in [0, 0.05) is 13.1 Å². The fourth-order valence-corrected chi connectivity index (χ4v) is 2.37. The van der Waals surface area contributed by atoms with Gasteiger partial charge in [-0.3, -0.25) is 0 Å². The van der Waals surface area contributed by atoms with E-state index in [9.17, 15) is 0 Å². The van der Waals surface area contributed by atoms with Crippen LogP contribution in [-0.2, 0) is 6.54 Å². The summed E-state index contributed by atoms with van der Waals surface area (Å²) in [5, 5.41) is 3.61. The Bertz CT molecular complexity index is 365. The summed E-state index contributed by atoms with van der Waals surface area (Å²) in [6, 6.07) is 4.56. The predicted molar refractivity (Wildman–Crippen MR) is 69.7 cm³/mol. The van der Waals surface area contributed by atoms with Crippen molar-refractivity contribution >= 4 is 0 Å². The van der Waals surface area contributed by atoms with Gasteiger partial charge in [0.05, 0.1) is 0 Å². The Labute approximate surface area is 99.3 Å². The molecule has 0 spiro atoms. The van der Waals surface area contributed by atoms with Crippen LogP contribution >= 0.6 is 0 Å². The summed E-state index contributed by atoms with van der Waals surface area (Å²) in [4.78, 5) is 0. The Kier molecular flexibility index (Phi) is 3.07. The molecule has 2 rings (SSSR count). The fourth-order valence-electron chi connectivity index (χ4n) is 2.37. The van der Waals surface area contributed by atoms with Crippen molar-refractivity contribution in [1.82, 2.24) is 5.32 Å². The molecule has 1 fully saturated rings. The first kappa shape index (κ1) is 11.7. The standard InChI is InChI=1S/C15H23N/c1-11-7-12(2)14(13(3)8-11)9-16-10-15(4)5-6-15/h7-8,16H,5-6,9-10H2,1-4H3. The molecule has 1 nitrogen and oxygen atoms in total. The van der Waals surface area contributed by atoms with Crippen molar-refractivity contribution in [3.05, 3.63) is 34.4 Å². The summed E-state index contributed by atoms with van der Waals surface area (Å²) in [5.74, 6) is 0. The van der Waals surface area contributed by atoms with Crippen LogP contribution in [0.1, 0.15) is 42.0 Å². The van der Waals surface area contributed by atoms with Crippen molar-refractivity contribution in [2.75, 3.05) is 6.54 Å². The van der Waals surface area contributed by atoms with Crippen molar-refractivity contribution in [1.29, 1.82) is 0 Å². The maximum absolute atomic E-state index is 3.61. The van der Waals surface area contributed by atoms with Gasteiger partial charge in [0.25, 0.3) is 0 Å². The van der Waals surface area contributed by atoms with E-state index in [1.807, 2.05) is 0 Å². The van der Waals surface area contributed by atoms with Crippen LogP contribution in [0.5, 0.6) is 0 Å². The van der Waals surface area contributed by atoms with Crippen LogP contribution < -0.4 is 5.32 Å². The third-order valence-electron chi connectivity index (χ3n) is 3.80. The van der Waals surface area contributed by atoms with Gasteiger partial charge in [-0.05, 0) is 55.7 Å². The lowest BCUT2D eigenvalue weighted by molar-refractivity contribution is 0.498. The van der Waals surface area contributed by atoms with E-state index < -0.39 is 0 Å². The van der Waals surface area contributed by atoms with E-state index in [1.165, 1.54) is 41.6 Å². The van der Waals surface area contributed by atoms with Crippen LogP contribution in [0, 0.1) is 26.2 Å². The summed E-state index contributed by atoms with van der Waals surface area (Å²) in [7, 11) is 0. The average molecular weight is 217 g/mol. The van der Waals surface area contributed by atoms with Gasteiger partial charge in [-0.25, -0.2) is 0 Å². The molecule has 1 N–H and O–H groups in total. The molecule has 0 heterocycles. The molecule has 1 saturated carbocycles. The monoisotopic (exact) mass is 217 g/mol. The molecule has 1 aromatic carbocycles. The maximum atomic E-state index is 3.61. The molecule has 0 aromatic heterocycles. The van der Waals surface area contributed by atoms with E-state index in [1.54, 1.807) is 0 Å². The molecule has 16 heavy (non-hydrogen) atoms. The minimum absolute atomic E-state index is 0.604. The fraction of sp³-hybridized carbons (Fsp3) is 0.600. The Balaban J connectivity index is 1.98. The number of hydrogen-bond acceptors (Lipinski definition) is 1. The zero-order chi connectivity index (χ0) is 11.8. The van der Waals surface area contributed by atoms with E-state index in [-0.39, 0.29) is 0 Å². The number of aryl methyl sites for hydroxylation is 3. The summed E-state index contributed by atoms with van der Waals surface area (Å²) in [5.41, 5.74) is 6.30. The third kappa shape index (κ3) is 2.65. The maximum Gasteiger partial charge on any atom is 0.0210 e. The quantitative estimate of drug-likeness (QED) is 0.814. The second kappa shape index (κ2) is 4.21. The Morgan fingerprint density at radius 2 is 1.69 bits per heavy atom. The van der Waals surface area contributed by atoms with Gasteiger partial charge in [-0.2, -0.15) is 0 Å². The number of rotatable bonds is 4. The zero-order valence-corrected chi connectivity index (χ0v) is 11.0. The van der Waals surface area contributed by atoms with Crippen LogP contribution in [0.3, 0.4) is 0 Å². The molecular weight excluding hydrogens is 194 g/mol. The number of hydrogen-bond donors (Lipinski definition) is 1. The van der Waals surface area contributed by atoms with Gasteiger partial charge < -0.3 is 5.32 Å². The minimum Gasteiger partial charge on any atom is -0.312 e. The normalized spacial score (nSPS) is 17.5. The molecule has 1 heteroatoms. The molecule has 0 radical (unpaired) electrons. The number of nitrogens with one attached hydrogen (secondary N) is 1. The van der Waals surface area contributed by atoms with Gasteiger partial charge in [0.2, 0.25) is 0 Å². The van der Waals surface area contributed by atoms with Gasteiger partial charge in [-0.15, -0.1) is 0 Å². The molecule has 0 aliphatic heterocycles. The Hall–Kier alpha value is -0.820. The molecule has 0 unspecified atom stereocenters. The lowest BCUT2D eigenvalue weighted by Gasteiger charge is -2.14. The highest BCUT2D eigenvalue weighted by atomic mass is 14.9. The van der Waals surface area contributed by atoms with Crippen LogP contribution in [0.4, 0.5) is 0 Å². The SMILES string of the molecule is Cc1cc(C)c(CNCC2(C)CC2)c(C)c1. The smallest absolute Gasteiger partial charge is 0.0210 e. The van der Waals surface area contributed by atoms with Crippen LogP contribution in [0.2, 0.25) is 0 Å². The highest BCUT2D eigenvalue weighted by Gasteiger charge is 2.36. The minimum atomic E-state index is 0.604. The summed E-state index contributed by atoms with van der Waals surface area (Å²) < 4.78 is 0. The van der Waals surface area contributed by atoms with Crippen molar-refractivity contribution in [2.24, 2.45) is 5.41 Å². The molecule has 0 bridgehead atoms. The zero-order valence-electron chi connectivity index (χ0n) is 11.0. The van der Waals surface area contributed by atoms with Gasteiger partial charge in [-0.1, -0.05) is 24.6 Å². The second-order valence-corrected chi connectivity index (χ2v) is 5.79. The molecule has 0 amide bonds. The third-order valence-corrected chi connectivity index (χ3v) is 3.80. The van der Waals surface area contributed by atoms with Gasteiger partial charge in [0.1, 0.15) is 0 Å². The van der Waals surface area contributed by atoms with Crippen molar-refractivity contribution in [3.63, 3.8) is 0 Å². The topological polar surface area (TPSA) is 12.0 Å². The average Bonchev–Trinajstić information content (AvgIpc) is 2.89. The van der Waals surface area contributed by atoms with Gasteiger partial charge >= 0.3 is 0 Å². The number of benzene rings is 1. The molecule has 88 valence electrons. The first-order chi connectivity index (χ1) is 7.50. The predicted octanol–water partition coefficient (Wildman–Crippen LogP) is 3.50. The molecule has 0 atom stereocenters. The highest BCUT2D eigenvalue weighted by Crippen LogP contribution is 2.44. The van der Waals surface area contributed by atoms with E-state index in [4.69, 9.17) is 0 Å². The van der Waals surface area contributed by atoms with Crippen molar-refractivity contribution < 1.29 is 0 Å². The Morgan fingerprint density at radius 3 is 2.19 bits per heavy atom. The second-order valence-electron chi connectivity index (χ2n) is 5.79. The summed E-state index contributed by atoms with van der Waals surface area (Å²) in [6.07, 6.45) is 2.79. The van der Waals surface area contributed by atoms with Crippen molar-refractivity contribution in [2.45, 2.75) is 47.1 Å². The molecule has 1 aliphatic carbocycles. The van der Waals surface area contributed by atoms with E-state index in [0.717, 1.165) is 6.54 Å². The molecule has 1 aliphatic rings. The highest BCUT2D eigenvalue weighted by molar-refractivity contribution is 5.37. The first-order valence-electron chi connectivity index (χ1n) is 6.28. The first-order valence-corrected chi connectivity index (χ1v) is 6.28. The Morgan fingerprint density at radius 1 is 1.12 bits per heavy atom. The largest absolute Gasteiger partial charge is 0.312 e. The lowest BCUT2D eigenvalue weighted by Crippen LogP contribution is -2.22. The summed E-state index contributed by atoms with van der Waals surface area (Å²) >= 11 is 0. The van der Waals surface area contributed by atoms with Crippen LogP contribution in [-0.4, -0.2) is 6.54 Å². The molecular formula is C15H23N. The van der Waals surface area contributed by atoms with E-state index >= 15 is 0 Å². The summed E-state index contributed by atoms with van der Waals surface area (Å²) in [6.45, 7) is 11.2. The van der Waals surface area contributed by atoms with Crippen LogP contribution in [0.15, 0.2) is 12.1 Å². The van der Waals surface area contributed by atoms with Crippen molar-refractivity contribution in [3.8, 4) is 0 Å². The van der Waals surface area contributed by atoms with E-state index in [0.29, 0.717) is 5.41 Å². The lowest BCUT2D eigenvalue weighted by atomic mass is 9.99. The van der Waals surface area contributed by atoms with Crippen LogP contribution in [0.25, 0.3) is 0 Å². The van der Waals surface area contributed by atoms with Gasteiger partial charge in [0.15, 0.2) is 0 Å².